The van der Waals surface area contributed by atoms with E-state index in [-0.39, 0.29) is 51.0 Å². The van der Waals surface area contributed by atoms with Gasteiger partial charge in [-0.15, -0.1) is 16.7 Å². The number of allylic oxidation sites excluding steroid dienone is 4. The zero-order valence-corrected chi connectivity index (χ0v) is 17.1. The van der Waals surface area contributed by atoms with Crippen LogP contribution in [0.25, 0.3) is 5.57 Å². The van der Waals surface area contributed by atoms with Crippen LogP contribution in [-0.4, -0.2) is 5.25 Å². The van der Waals surface area contributed by atoms with Gasteiger partial charge >= 0.3 is 26.2 Å². The van der Waals surface area contributed by atoms with Crippen LogP contribution in [0, 0.1) is 12.0 Å². The second-order valence-corrected chi connectivity index (χ2v) is 6.51. The summed E-state index contributed by atoms with van der Waals surface area (Å²) in [6.45, 7) is 6.75. The van der Waals surface area contributed by atoms with Crippen LogP contribution in [-0.2, 0) is 26.2 Å². The Hall–Kier alpha value is 0.253. The summed E-state index contributed by atoms with van der Waals surface area (Å²) >= 11 is 1.94. The van der Waals surface area contributed by atoms with Gasteiger partial charge < -0.3 is 24.8 Å². The van der Waals surface area contributed by atoms with E-state index in [4.69, 9.17) is 0 Å². The van der Waals surface area contributed by atoms with E-state index in [1.165, 1.54) is 27.2 Å². The third-order valence-electron chi connectivity index (χ3n) is 3.50. The van der Waals surface area contributed by atoms with Gasteiger partial charge in [-0.1, -0.05) is 49.8 Å². The zero-order valence-electron chi connectivity index (χ0n) is 12.3. The molecule has 21 heavy (non-hydrogen) atoms. The van der Waals surface area contributed by atoms with Gasteiger partial charge in [-0.3, -0.25) is 0 Å². The van der Waals surface area contributed by atoms with Crippen molar-refractivity contribution in [3.05, 3.63) is 64.1 Å². The zero-order chi connectivity index (χ0) is 12.7. The molecule has 0 spiro atoms. The number of fused-ring (bicyclic) bond motifs is 1. The summed E-state index contributed by atoms with van der Waals surface area (Å²) in [5.41, 5.74) is 5.57. The molecule has 0 nitrogen and oxygen atoms in total. The summed E-state index contributed by atoms with van der Waals surface area (Å²) < 4.78 is 0. The molecular weight excluding hydrogens is 398 g/mol. The smallest absolute Gasteiger partial charge is 1.00 e. The number of thioether (sulfide) groups is 1. The molecule has 0 saturated heterocycles. The van der Waals surface area contributed by atoms with Gasteiger partial charge in [0, 0.05) is 5.25 Å². The molecule has 0 bridgehead atoms. The van der Waals surface area contributed by atoms with Gasteiger partial charge in [0.1, 0.15) is 0 Å². The van der Waals surface area contributed by atoms with E-state index in [1.54, 1.807) is 0 Å². The van der Waals surface area contributed by atoms with Crippen LogP contribution < -0.4 is 24.8 Å². The molecule has 0 fully saturated rings. The maximum absolute atomic E-state index is 3.57. The third kappa shape index (κ3) is 4.16. The molecule has 0 aromatic heterocycles. The van der Waals surface area contributed by atoms with Crippen molar-refractivity contribution in [2.45, 2.75) is 26.0 Å². The molecule has 1 aromatic carbocycles. The number of halogens is 2. The van der Waals surface area contributed by atoms with E-state index in [9.17, 15) is 0 Å². The van der Waals surface area contributed by atoms with Gasteiger partial charge in [-0.05, 0) is 18.4 Å². The normalized spacial score (nSPS) is 19.1. The first kappa shape index (κ1) is 21.3. The monoisotopic (exact) mass is 413 g/mol. The third-order valence-corrected chi connectivity index (χ3v) is 4.65. The first-order valence-electron chi connectivity index (χ1n) is 6.49. The minimum absolute atomic E-state index is 0. The largest absolute Gasteiger partial charge is 3.00 e. The predicted octanol–water partition coefficient (Wildman–Crippen LogP) is -1.14. The maximum atomic E-state index is 3.57. The Kier molecular flexibility index (Phi) is 8.88. The average molecular weight is 416 g/mol. The summed E-state index contributed by atoms with van der Waals surface area (Å²) in [5, 5.41) is 0.537. The van der Waals surface area contributed by atoms with E-state index in [0.717, 1.165) is 0 Å². The van der Waals surface area contributed by atoms with Gasteiger partial charge in [0.05, 0.1) is 0 Å². The van der Waals surface area contributed by atoms with E-state index in [2.05, 4.69) is 63.3 Å². The van der Waals surface area contributed by atoms with Crippen molar-refractivity contribution < 1.29 is 51.0 Å². The Morgan fingerprint density at radius 3 is 2.29 bits per heavy atom. The molecule has 1 aromatic rings. The molecule has 1 aliphatic heterocycles. The molecule has 3 rings (SSSR count). The fraction of sp³-hybridized carbons (Fsp3) is 0.294. The second-order valence-electron chi connectivity index (χ2n) is 5.16. The Labute approximate surface area is 163 Å². The summed E-state index contributed by atoms with van der Waals surface area (Å²) in [7, 11) is 0. The first-order valence-corrected chi connectivity index (χ1v) is 7.37. The fourth-order valence-electron chi connectivity index (χ4n) is 2.52. The second kappa shape index (κ2) is 8.77. The summed E-state index contributed by atoms with van der Waals surface area (Å²) in [6, 6.07) is 10.7. The van der Waals surface area contributed by atoms with Crippen molar-refractivity contribution >= 4 is 17.3 Å². The fourth-order valence-corrected chi connectivity index (χ4v) is 3.73. The van der Waals surface area contributed by atoms with Crippen LogP contribution in [0.5, 0.6) is 0 Å². The Morgan fingerprint density at radius 1 is 1.10 bits per heavy atom. The summed E-state index contributed by atoms with van der Waals surface area (Å²) in [5.74, 6) is 0.559. The number of benzene rings is 1. The van der Waals surface area contributed by atoms with Gasteiger partial charge in [0.15, 0.2) is 0 Å². The predicted molar refractivity (Wildman–Crippen MR) is 80.1 cm³/mol. The molecule has 0 saturated carbocycles. The van der Waals surface area contributed by atoms with E-state index in [0.29, 0.717) is 11.2 Å². The van der Waals surface area contributed by atoms with Crippen LogP contribution in [0.4, 0.5) is 0 Å². The molecule has 4 heteroatoms. The minimum atomic E-state index is 0. The molecule has 1 aliphatic carbocycles. The molecule has 1 radical (unpaired) electrons. The standard InChI is InChI=1S/C17H17S.2ClH.Zr/c1-11(2)14-9-15-16(10-14)18-12(3)17(15)13-7-5-4-6-8-13;;;/h4-9,11-12H,1-3H3;2*1H;/q-1;;;+3/p-2. The molecule has 1 heterocycles. The van der Waals surface area contributed by atoms with Gasteiger partial charge in [0.25, 0.3) is 0 Å². The van der Waals surface area contributed by atoms with Crippen LogP contribution >= 0.6 is 11.8 Å². The van der Waals surface area contributed by atoms with E-state index >= 15 is 0 Å². The molecule has 0 amide bonds. The van der Waals surface area contributed by atoms with Crippen LogP contribution in [0.1, 0.15) is 26.3 Å². The molecule has 1 atom stereocenters. The van der Waals surface area contributed by atoms with Crippen molar-refractivity contribution in [2.75, 3.05) is 0 Å². The summed E-state index contributed by atoms with van der Waals surface area (Å²) in [4.78, 5) is 1.34. The van der Waals surface area contributed by atoms with E-state index < -0.39 is 0 Å². The molecule has 1 unspecified atom stereocenters. The Morgan fingerprint density at radius 2 is 1.71 bits per heavy atom. The number of hydrogen-bond acceptors (Lipinski definition) is 1. The Balaban J connectivity index is 0.00000133. The first-order chi connectivity index (χ1) is 8.66. The van der Waals surface area contributed by atoms with Gasteiger partial charge in [-0.25, -0.2) is 6.08 Å². The molecular formula is C17H17Cl2SZr. The van der Waals surface area contributed by atoms with Crippen molar-refractivity contribution in [1.29, 1.82) is 0 Å². The van der Waals surface area contributed by atoms with Crippen molar-refractivity contribution in [3.8, 4) is 0 Å². The SMILES string of the molecule is CC(C)C1=CC2=C(c3ccccc3)C(C)SC2=[C-]1.[Cl-].[Cl-].[Zr+3]. The van der Waals surface area contributed by atoms with Gasteiger partial charge in [0.2, 0.25) is 0 Å². The molecule has 2 aliphatic rings. The van der Waals surface area contributed by atoms with Gasteiger partial charge in [-0.2, -0.15) is 17.2 Å². The number of rotatable bonds is 2. The maximum Gasteiger partial charge on any atom is 3.00 e. The number of hydrogen-bond donors (Lipinski definition) is 0. The van der Waals surface area contributed by atoms with Crippen molar-refractivity contribution in [1.82, 2.24) is 0 Å². The van der Waals surface area contributed by atoms with Crippen LogP contribution in [0.15, 0.2) is 52.5 Å². The molecule has 109 valence electrons. The van der Waals surface area contributed by atoms with Crippen molar-refractivity contribution in [2.24, 2.45) is 5.92 Å². The topological polar surface area (TPSA) is 0 Å². The van der Waals surface area contributed by atoms with Crippen LogP contribution in [0.3, 0.4) is 0 Å². The van der Waals surface area contributed by atoms with E-state index in [1.807, 2.05) is 11.8 Å². The minimum Gasteiger partial charge on any atom is -1.00 e. The molecule has 0 N–H and O–H groups in total. The quantitative estimate of drug-likeness (QED) is 0.551. The van der Waals surface area contributed by atoms with Crippen molar-refractivity contribution in [3.63, 3.8) is 0 Å². The average Bonchev–Trinajstić information content (AvgIpc) is 2.86. The Bertz CT molecular complexity index is 574. The van der Waals surface area contributed by atoms with Crippen LogP contribution in [0.2, 0.25) is 0 Å². The summed E-state index contributed by atoms with van der Waals surface area (Å²) in [6.07, 6.45) is 5.90.